The molecular weight excluding hydrogens is 206 g/mol. The van der Waals surface area contributed by atoms with Crippen molar-refractivity contribution in [2.45, 2.75) is 0 Å². The molecule has 0 saturated carbocycles. The van der Waals surface area contributed by atoms with Gasteiger partial charge in [0, 0.05) is 17.1 Å². The molecule has 0 unspecified atom stereocenters. The van der Waals surface area contributed by atoms with Crippen molar-refractivity contribution in [1.82, 2.24) is 15.0 Å². The predicted octanol–water partition coefficient (Wildman–Crippen LogP) is 1.76. The molecule has 16 heavy (non-hydrogen) atoms. The summed E-state index contributed by atoms with van der Waals surface area (Å²) in [6.45, 7) is 0. The minimum Gasteiger partial charge on any atom is -0.478 e. The molecule has 1 aromatic rings. The van der Waals surface area contributed by atoms with E-state index >= 15 is 0 Å². The Kier molecular flexibility index (Phi) is 1.67. The van der Waals surface area contributed by atoms with Gasteiger partial charge < -0.3 is 10.1 Å². The summed E-state index contributed by atoms with van der Waals surface area (Å²) in [5.41, 5.74) is 2.26. The summed E-state index contributed by atoms with van der Waals surface area (Å²) in [5, 5.41) is 9.68. The van der Waals surface area contributed by atoms with Crippen LogP contribution < -0.4 is 0 Å². The van der Waals surface area contributed by atoms with Crippen LogP contribution in [0.2, 0.25) is 0 Å². The van der Waals surface area contributed by atoms with Crippen molar-refractivity contribution in [1.29, 1.82) is 0 Å². The van der Waals surface area contributed by atoms with Crippen molar-refractivity contribution in [2.24, 2.45) is 0 Å². The van der Waals surface area contributed by atoms with Gasteiger partial charge in [0.2, 0.25) is 0 Å². The zero-order valence-electron chi connectivity index (χ0n) is 8.14. The molecule has 0 bridgehead atoms. The lowest BCUT2D eigenvalue weighted by atomic mass is 10.1. The molecule has 0 radical (unpaired) electrons. The number of hydrogen-bond acceptors (Lipinski definition) is 3. The highest BCUT2D eigenvalue weighted by molar-refractivity contribution is 6.08. The van der Waals surface area contributed by atoms with E-state index in [1.807, 2.05) is 18.2 Å². The van der Waals surface area contributed by atoms with E-state index in [2.05, 4.69) is 15.0 Å². The van der Waals surface area contributed by atoms with Gasteiger partial charge in [-0.1, -0.05) is 6.07 Å². The predicted molar refractivity (Wildman–Crippen MR) is 57.5 cm³/mol. The maximum Gasteiger partial charge on any atom is 0.337 e. The molecule has 0 saturated heterocycles. The fourth-order valence-electron chi connectivity index (χ4n) is 1.82. The van der Waals surface area contributed by atoms with Crippen molar-refractivity contribution < 1.29 is 9.90 Å². The third kappa shape index (κ3) is 1.08. The normalized spacial score (nSPS) is 11.0. The molecule has 2 N–H and O–H groups in total. The highest BCUT2D eigenvalue weighted by Gasteiger charge is 2.17. The molecule has 1 aromatic heterocycles. The molecule has 1 aliphatic carbocycles. The number of nitrogens with one attached hydrogen (secondary N) is 1. The van der Waals surface area contributed by atoms with Crippen LogP contribution in [0.25, 0.3) is 22.3 Å². The van der Waals surface area contributed by atoms with E-state index in [4.69, 9.17) is 5.11 Å². The van der Waals surface area contributed by atoms with E-state index in [1.54, 1.807) is 0 Å². The van der Waals surface area contributed by atoms with Crippen LogP contribution in [0.1, 0.15) is 10.4 Å². The van der Waals surface area contributed by atoms with E-state index in [-0.39, 0.29) is 5.56 Å². The summed E-state index contributed by atoms with van der Waals surface area (Å²) in [5.74, 6) is -0.971. The Labute approximate surface area is 90.1 Å². The average Bonchev–Trinajstić information content (AvgIpc) is 2.82. The molecule has 2 aliphatic rings. The Morgan fingerprint density at radius 2 is 2.19 bits per heavy atom. The van der Waals surface area contributed by atoms with E-state index in [0.29, 0.717) is 16.8 Å². The molecule has 1 aliphatic heterocycles. The number of rotatable bonds is 1. The Balaban J connectivity index is 2.52. The quantitative estimate of drug-likeness (QED) is 0.645. The lowest BCUT2D eigenvalue weighted by Gasteiger charge is -1.93. The van der Waals surface area contributed by atoms with Crippen LogP contribution in [0.5, 0.6) is 0 Å². The van der Waals surface area contributed by atoms with E-state index < -0.39 is 5.97 Å². The van der Waals surface area contributed by atoms with Crippen LogP contribution in [0.3, 0.4) is 0 Å². The number of carboxylic acid groups (broad SMARTS) is 1. The Morgan fingerprint density at radius 1 is 1.31 bits per heavy atom. The number of fused-ring (bicyclic) bond motifs is 3. The lowest BCUT2D eigenvalue weighted by Crippen LogP contribution is -1.94. The third-order valence-electron chi connectivity index (χ3n) is 2.52. The minimum atomic E-state index is -0.971. The van der Waals surface area contributed by atoms with Gasteiger partial charge in [0.25, 0.3) is 0 Å². The number of nitrogens with zero attached hydrogens (tertiary/aromatic N) is 2. The van der Waals surface area contributed by atoms with Crippen LogP contribution in [-0.4, -0.2) is 26.0 Å². The second kappa shape index (κ2) is 3.03. The van der Waals surface area contributed by atoms with Crippen LogP contribution >= 0.6 is 0 Å². The third-order valence-corrected chi connectivity index (χ3v) is 2.52. The van der Waals surface area contributed by atoms with Gasteiger partial charge in [0.15, 0.2) is 0 Å². The first-order valence-electron chi connectivity index (χ1n) is 4.71. The fourth-order valence-corrected chi connectivity index (χ4v) is 1.82. The number of carbonyl (C=O) groups is 1. The first kappa shape index (κ1) is 8.84. The first-order valence-corrected chi connectivity index (χ1v) is 4.71. The smallest absolute Gasteiger partial charge is 0.337 e. The maximum atomic E-state index is 11.1. The SMILES string of the molecule is O=C(O)c1c[nH]c2cccc3ncnc-3c12. The molecule has 78 valence electrons. The standard InChI is InChI=1S/C11H7N3O2/c15-11(16)6-4-12-7-2-1-3-8-10(9(6)7)14-5-13-8/h1-5,12H,(H,15,16). The van der Waals surface area contributed by atoms with Crippen LogP contribution in [0.15, 0.2) is 30.7 Å². The van der Waals surface area contributed by atoms with Crippen molar-refractivity contribution in [2.75, 3.05) is 0 Å². The molecule has 3 rings (SSSR count). The van der Waals surface area contributed by atoms with Gasteiger partial charge in [0.1, 0.15) is 12.0 Å². The molecule has 0 spiro atoms. The van der Waals surface area contributed by atoms with Gasteiger partial charge in [-0.15, -0.1) is 0 Å². The highest BCUT2D eigenvalue weighted by Crippen LogP contribution is 2.28. The summed E-state index contributed by atoms with van der Waals surface area (Å²) >= 11 is 0. The van der Waals surface area contributed by atoms with Gasteiger partial charge in [0.05, 0.1) is 11.3 Å². The monoisotopic (exact) mass is 213 g/mol. The summed E-state index contributed by atoms with van der Waals surface area (Å²) in [7, 11) is 0. The number of H-pyrrole nitrogens is 1. The van der Waals surface area contributed by atoms with E-state index in [0.717, 1.165) is 5.52 Å². The molecule has 5 nitrogen and oxygen atoms in total. The van der Waals surface area contributed by atoms with Gasteiger partial charge in [-0.3, -0.25) is 0 Å². The lowest BCUT2D eigenvalue weighted by molar-refractivity contribution is 0.0699. The number of aromatic carboxylic acids is 1. The van der Waals surface area contributed by atoms with Crippen LogP contribution in [0.4, 0.5) is 0 Å². The van der Waals surface area contributed by atoms with E-state index in [9.17, 15) is 4.79 Å². The van der Waals surface area contributed by atoms with E-state index in [1.165, 1.54) is 12.5 Å². The van der Waals surface area contributed by atoms with Gasteiger partial charge >= 0.3 is 5.97 Å². The summed E-state index contributed by atoms with van der Waals surface area (Å²) in [6, 6.07) is 5.44. The fraction of sp³-hybridized carbons (Fsp3) is 0. The number of imidazole rings is 1. The molecule has 0 fully saturated rings. The molecule has 2 heterocycles. The van der Waals surface area contributed by atoms with Crippen molar-refractivity contribution in [3.05, 3.63) is 36.3 Å². The first-order chi connectivity index (χ1) is 7.77. The Hall–Kier alpha value is -2.43. The molecular formula is C11H7N3O2. The van der Waals surface area contributed by atoms with Gasteiger partial charge in [-0.2, -0.15) is 0 Å². The van der Waals surface area contributed by atoms with Gasteiger partial charge in [-0.05, 0) is 12.1 Å². The van der Waals surface area contributed by atoms with Crippen molar-refractivity contribution in [3.63, 3.8) is 0 Å². The summed E-state index contributed by atoms with van der Waals surface area (Å²) < 4.78 is 0. The highest BCUT2D eigenvalue weighted by atomic mass is 16.4. The van der Waals surface area contributed by atoms with Crippen LogP contribution in [0, 0.1) is 0 Å². The largest absolute Gasteiger partial charge is 0.478 e. The Morgan fingerprint density at radius 3 is 3.00 bits per heavy atom. The number of aromatic amines is 1. The second-order valence-corrected chi connectivity index (χ2v) is 3.43. The zero-order chi connectivity index (χ0) is 11.1. The molecule has 0 amide bonds. The second-order valence-electron chi connectivity index (χ2n) is 3.43. The van der Waals surface area contributed by atoms with Gasteiger partial charge in [-0.25, -0.2) is 14.8 Å². The van der Waals surface area contributed by atoms with Crippen molar-refractivity contribution >= 4 is 16.9 Å². The summed E-state index contributed by atoms with van der Waals surface area (Å²) in [4.78, 5) is 22.2. The van der Waals surface area contributed by atoms with Crippen LogP contribution in [-0.2, 0) is 0 Å². The molecule has 0 aromatic carbocycles. The Bertz CT molecular complexity index is 659. The number of carboxylic acids is 1. The number of aromatic nitrogens is 3. The summed E-state index contributed by atoms with van der Waals surface area (Å²) in [6.07, 6.45) is 2.91. The number of hydrogen-bond donors (Lipinski definition) is 2. The van der Waals surface area contributed by atoms with Crippen molar-refractivity contribution in [3.8, 4) is 11.4 Å². The average molecular weight is 213 g/mol. The minimum absolute atomic E-state index is 0.219. The molecule has 0 atom stereocenters. The molecule has 5 heteroatoms. The maximum absolute atomic E-state index is 11.1. The zero-order valence-corrected chi connectivity index (χ0v) is 8.14. The topological polar surface area (TPSA) is 78.9 Å².